The highest BCUT2D eigenvalue weighted by Gasteiger charge is 2.19. The van der Waals surface area contributed by atoms with E-state index in [1.165, 1.54) is 0 Å². The molecule has 1 saturated heterocycles. The van der Waals surface area contributed by atoms with Gasteiger partial charge in [0.15, 0.2) is 11.2 Å². The Bertz CT molecular complexity index is 928. The van der Waals surface area contributed by atoms with Crippen LogP contribution < -0.4 is 10.7 Å². The molecule has 130 valence electrons. The number of rotatable bonds is 4. The molecule has 1 aliphatic heterocycles. The molecule has 0 atom stereocenters. The Kier molecular flexibility index (Phi) is 4.46. The molecule has 4 rings (SSSR count). The van der Waals surface area contributed by atoms with Crippen molar-refractivity contribution in [3.05, 3.63) is 58.2 Å². The third kappa shape index (κ3) is 3.27. The topological polar surface area (TPSA) is 54.5 Å². The van der Waals surface area contributed by atoms with E-state index in [-0.39, 0.29) is 5.76 Å². The number of hydrogen-bond acceptors (Lipinski definition) is 5. The van der Waals surface area contributed by atoms with Crippen molar-refractivity contribution in [3.63, 3.8) is 0 Å². The van der Waals surface area contributed by atoms with E-state index in [0.717, 1.165) is 43.4 Å². The first kappa shape index (κ1) is 16.2. The van der Waals surface area contributed by atoms with Gasteiger partial charge in [-0.15, -0.1) is 0 Å². The van der Waals surface area contributed by atoms with Gasteiger partial charge in [0, 0.05) is 45.5 Å². The molecule has 0 amide bonds. The van der Waals surface area contributed by atoms with E-state index in [2.05, 4.69) is 20.9 Å². The molecule has 1 aromatic carbocycles. The van der Waals surface area contributed by atoms with Gasteiger partial charge in [-0.05, 0) is 24.3 Å². The Morgan fingerprint density at radius 3 is 2.64 bits per heavy atom. The molecule has 0 saturated carbocycles. The van der Waals surface area contributed by atoms with E-state index < -0.39 is 0 Å². The van der Waals surface area contributed by atoms with Crippen LogP contribution in [0, 0.1) is 0 Å². The van der Waals surface area contributed by atoms with E-state index in [1.807, 2.05) is 18.2 Å². The lowest BCUT2D eigenvalue weighted by atomic mass is 10.2. The van der Waals surface area contributed by atoms with E-state index in [1.54, 1.807) is 22.9 Å². The summed E-state index contributed by atoms with van der Waals surface area (Å²) in [5.74, 6) is -0.344. The number of oxazole rings is 1. The Morgan fingerprint density at radius 2 is 1.84 bits per heavy atom. The first-order chi connectivity index (χ1) is 12.2. The molecule has 0 radical (unpaired) electrons. The van der Waals surface area contributed by atoms with Crippen LogP contribution in [0.5, 0.6) is 0 Å². The third-order valence-corrected chi connectivity index (χ3v) is 4.95. The summed E-state index contributed by atoms with van der Waals surface area (Å²) in [4.78, 5) is 20.9. The molecule has 6 nitrogen and oxygen atoms in total. The van der Waals surface area contributed by atoms with Gasteiger partial charge in [-0.1, -0.05) is 23.7 Å². The minimum Gasteiger partial charge on any atom is -0.406 e. The maximum Gasteiger partial charge on any atom is 0.421 e. The van der Waals surface area contributed by atoms with Crippen molar-refractivity contribution in [2.75, 3.05) is 37.6 Å². The molecule has 3 aromatic rings. The zero-order valence-electron chi connectivity index (χ0n) is 13.8. The maximum absolute atomic E-state index is 12.0. The number of fused-ring (bicyclic) bond motifs is 1. The summed E-state index contributed by atoms with van der Waals surface area (Å²) >= 11 is 6.28. The van der Waals surface area contributed by atoms with Crippen molar-refractivity contribution in [1.29, 1.82) is 0 Å². The second kappa shape index (κ2) is 6.90. The highest BCUT2D eigenvalue weighted by Crippen LogP contribution is 2.25. The number of pyridine rings is 1. The highest BCUT2D eigenvalue weighted by atomic mass is 35.5. The van der Waals surface area contributed by atoms with Gasteiger partial charge in [-0.2, -0.15) is 0 Å². The Hall–Kier alpha value is -2.31. The van der Waals surface area contributed by atoms with Gasteiger partial charge in [0.05, 0.1) is 10.7 Å². The van der Waals surface area contributed by atoms with E-state index in [4.69, 9.17) is 16.0 Å². The van der Waals surface area contributed by atoms with Crippen molar-refractivity contribution in [2.45, 2.75) is 6.54 Å². The number of hydrogen-bond donors (Lipinski definition) is 0. The van der Waals surface area contributed by atoms with Gasteiger partial charge in [-0.25, -0.2) is 9.78 Å². The SMILES string of the molecule is O=c1oc2cccnc2n1CCN1CCN(c2ccccc2Cl)CC1. The minimum atomic E-state index is -0.344. The van der Waals surface area contributed by atoms with Gasteiger partial charge >= 0.3 is 5.76 Å². The summed E-state index contributed by atoms with van der Waals surface area (Å²) in [5.41, 5.74) is 2.24. The molecule has 7 heteroatoms. The van der Waals surface area contributed by atoms with Crippen LogP contribution in [0.3, 0.4) is 0 Å². The molecule has 0 bridgehead atoms. The molecule has 1 aliphatic rings. The van der Waals surface area contributed by atoms with Gasteiger partial charge in [0.25, 0.3) is 0 Å². The monoisotopic (exact) mass is 358 g/mol. The number of benzene rings is 1. The summed E-state index contributed by atoms with van der Waals surface area (Å²) < 4.78 is 6.84. The predicted molar refractivity (Wildman–Crippen MR) is 98.4 cm³/mol. The van der Waals surface area contributed by atoms with Crippen LogP contribution in [-0.4, -0.2) is 47.2 Å². The van der Waals surface area contributed by atoms with Crippen LogP contribution >= 0.6 is 11.6 Å². The van der Waals surface area contributed by atoms with Crippen LogP contribution in [0.1, 0.15) is 0 Å². The fraction of sp³-hybridized carbons (Fsp3) is 0.333. The summed E-state index contributed by atoms with van der Waals surface area (Å²) in [7, 11) is 0. The second-order valence-corrected chi connectivity index (χ2v) is 6.53. The molecule has 0 spiro atoms. The molecule has 25 heavy (non-hydrogen) atoms. The van der Waals surface area contributed by atoms with Gasteiger partial charge in [0.1, 0.15) is 0 Å². The van der Waals surface area contributed by atoms with Gasteiger partial charge < -0.3 is 9.32 Å². The molecule has 2 aromatic heterocycles. The second-order valence-electron chi connectivity index (χ2n) is 6.12. The lowest BCUT2D eigenvalue weighted by Gasteiger charge is -2.36. The molecular weight excluding hydrogens is 340 g/mol. The van der Waals surface area contributed by atoms with Crippen molar-refractivity contribution < 1.29 is 4.42 Å². The van der Waals surface area contributed by atoms with Gasteiger partial charge in [-0.3, -0.25) is 9.47 Å². The zero-order chi connectivity index (χ0) is 17.2. The molecule has 0 unspecified atom stereocenters. The number of aromatic nitrogens is 2. The summed E-state index contributed by atoms with van der Waals surface area (Å²) in [6.07, 6.45) is 1.68. The maximum atomic E-state index is 12.0. The quantitative estimate of drug-likeness (QED) is 0.717. The Labute approximate surface area is 150 Å². The van der Waals surface area contributed by atoms with Crippen LogP contribution in [0.15, 0.2) is 51.8 Å². The lowest BCUT2D eigenvalue weighted by Crippen LogP contribution is -2.47. The lowest BCUT2D eigenvalue weighted by molar-refractivity contribution is 0.246. The van der Waals surface area contributed by atoms with Crippen LogP contribution in [0.2, 0.25) is 5.02 Å². The van der Waals surface area contributed by atoms with Gasteiger partial charge in [0.2, 0.25) is 0 Å². The highest BCUT2D eigenvalue weighted by molar-refractivity contribution is 6.33. The van der Waals surface area contributed by atoms with Crippen molar-refractivity contribution in [2.24, 2.45) is 0 Å². The fourth-order valence-corrected chi connectivity index (χ4v) is 3.51. The first-order valence-electron chi connectivity index (χ1n) is 8.38. The summed E-state index contributed by atoms with van der Waals surface area (Å²) in [6, 6.07) is 11.5. The number of para-hydroxylation sites is 1. The standard InChI is InChI=1S/C18H19ClN4O2/c19-14-4-1-2-5-15(14)22-11-8-21(9-12-22)10-13-23-17-16(25-18(23)24)6-3-7-20-17/h1-7H,8-13H2. The number of nitrogens with zero attached hydrogens (tertiary/aromatic N) is 4. The average molecular weight is 359 g/mol. The van der Waals surface area contributed by atoms with Crippen molar-refractivity contribution in [1.82, 2.24) is 14.5 Å². The van der Waals surface area contributed by atoms with E-state index >= 15 is 0 Å². The summed E-state index contributed by atoms with van der Waals surface area (Å²) in [5, 5.41) is 0.790. The van der Waals surface area contributed by atoms with Crippen LogP contribution in [0.4, 0.5) is 5.69 Å². The Balaban J connectivity index is 1.38. The smallest absolute Gasteiger partial charge is 0.406 e. The number of halogens is 1. The first-order valence-corrected chi connectivity index (χ1v) is 8.76. The van der Waals surface area contributed by atoms with E-state index in [0.29, 0.717) is 17.8 Å². The predicted octanol–water partition coefficient (Wildman–Crippen LogP) is 2.47. The summed E-state index contributed by atoms with van der Waals surface area (Å²) in [6.45, 7) is 5.08. The molecule has 0 N–H and O–H groups in total. The van der Waals surface area contributed by atoms with Crippen molar-refractivity contribution >= 4 is 28.5 Å². The van der Waals surface area contributed by atoms with Crippen LogP contribution in [-0.2, 0) is 6.54 Å². The molecule has 0 aliphatic carbocycles. The van der Waals surface area contributed by atoms with E-state index in [9.17, 15) is 4.79 Å². The normalized spacial score (nSPS) is 15.8. The fourth-order valence-electron chi connectivity index (χ4n) is 3.26. The minimum absolute atomic E-state index is 0.344. The molecule has 3 heterocycles. The Morgan fingerprint density at radius 1 is 1.04 bits per heavy atom. The molecular formula is C18H19ClN4O2. The van der Waals surface area contributed by atoms with Crippen molar-refractivity contribution in [3.8, 4) is 0 Å². The third-order valence-electron chi connectivity index (χ3n) is 4.63. The number of piperazine rings is 1. The zero-order valence-corrected chi connectivity index (χ0v) is 14.5. The molecule has 1 fully saturated rings. The number of anilines is 1. The average Bonchev–Trinajstić information content (AvgIpc) is 2.96. The largest absolute Gasteiger partial charge is 0.421 e. The van der Waals surface area contributed by atoms with Crippen LogP contribution in [0.25, 0.3) is 11.2 Å².